The Hall–Kier alpha value is -0.850. The Balaban J connectivity index is 1.98. The van der Waals surface area contributed by atoms with E-state index in [0.29, 0.717) is 5.96 Å². The van der Waals surface area contributed by atoms with Gasteiger partial charge in [-0.1, -0.05) is 0 Å². The molecule has 1 rings (SSSR count). The highest BCUT2D eigenvalue weighted by molar-refractivity contribution is 5.77. The van der Waals surface area contributed by atoms with Gasteiger partial charge in [0, 0.05) is 19.6 Å². The Labute approximate surface area is 90.7 Å². The van der Waals surface area contributed by atoms with E-state index in [4.69, 9.17) is 16.2 Å². The zero-order valence-corrected chi connectivity index (χ0v) is 9.11. The fourth-order valence-corrected chi connectivity index (χ4v) is 1.50. The number of hydrogen-bond acceptors (Lipinski definition) is 4. The highest BCUT2D eigenvalue weighted by Gasteiger charge is 2.08. The lowest BCUT2D eigenvalue weighted by Crippen LogP contribution is -2.39. The van der Waals surface area contributed by atoms with Crippen molar-refractivity contribution in [1.82, 2.24) is 10.2 Å². The molecule has 0 amide bonds. The second kappa shape index (κ2) is 7.44. The lowest BCUT2D eigenvalue weighted by molar-refractivity contribution is 0.0376. The Kier molecular flexibility index (Phi) is 6.06. The van der Waals surface area contributed by atoms with Gasteiger partial charge in [-0.2, -0.15) is 0 Å². The smallest absolute Gasteiger partial charge is 0.189 e. The minimum absolute atomic E-state index is 0.238. The van der Waals surface area contributed by atoms with Gasteiger partial charge in [-0.25, -0.2) is 4.99 Å². The molecule has 6 heteroatoms. The van der Waals surface area contributed by atoms with Crippen LogP contribution in [0.15, 0.2) is 4.99 Å². The molecule has 0 radical (unpaired) electrons. The van der Waals surface area contributed by atoms with Crippen molar-refractivity contribution in [2.45, 2.75) is 6.42 Å². The minimum atomic E-state index is 0.238. The van der Waals surface area contributed by atoms with Gasteiger partial charge >= 0.3 is 0 Å². The first-order valence-corrected chi connectivity index (χ1v) is 5.37. The molecule has 0 atom stereocenters. The molecule has 0 spiro atoms. The number of morpholine rings is 1. The second-order valence-electron chi connectivity index (χ2n) is 3.46. The number of guanidine groups is 1. The number of hydrogen-bond donors (Lipinski definition) is 3. The Bertz CT molecular complexity index is 191. The second-order valence-corrected chi connectivity index (χ2v) is 3.46. The quantitative estimate of drug-likeness (QED) is 0.296. The van der Waals surface area contributed by atoms with Crippen LogP contribution in [0.4, 0.5) is 0 Å². The molecule has 1 heterocycles. The molecule has 1 saturated heterocycles. The summed E-state index contributed by atoms with van der Waals surface area (Å²) in [6.07, 6.45) is 1.06. The summed E-state index contributed by atoms with van der Waals surface area (Å²) >= 11 is 0. The largest absolute Gasteiger partial charge is 0.379 e. The lowest BCUT2D eigenvalue weighted by atomic mass is 10.3. The summed E-state index contributed by atoms with van der Waals surface area (Å²) in [5.41, 5.74) is 10.7. The third-order valence-corrected chi connectivity index (χ3v) is 2.32. The molecule has 15 heavy (non-hydrogen) atoms. The first-order valence-electron chi connectivity index (χ1n) is 5.37. The maximum Gasteiger partial charge on any atom is 0.189 e. The average Bonchev–Trinajstić information content (AvgIpc) is 2.26. The zero-order valence-electron chi connectivity index (χ0n) is 9.11. The number of rotatable bonds is 5. The van der Waals surface area contributed by atoms with Crippen LogP contribution < -0.4 is 16.8 Å². The summed E-state index contributed by atoms with van der Waals surface area (Å²) in [5, 5.41) is 3.01. The Morgan fingerprint density at radius 2 is 2.13 bits per heavy atom. The maximum absolute atomic E-state index is 5.53. The van der Waals surface area contributed by atoms with Crippen LogP contribution in [0.5, 0.6) is 0 Å². The van der Waals surface area contributed by atoms with Crippen molar-refractivity contribution in [3.63, 3.8) is 0 Å². The lowest BCUT2D eigenvalue weighted by Gasteiger charge is -2.26. The third kappa shape index (κ3) is 5.56. The topological polar surface area (TPSA) is 88.9 Å². The van der Waals surface area contributed by atoms with Gasteiger partial charge < -0.3 is 21.5 Å². The highest BCUT2D eigenvalue weighted by Crippen LogP contribution is 1.96. The minimum Gasteiger partial charge on any atom is -0.379 e. The van der Waals surface area contributed by atoms with Crippen LogP contribution in [0.25, 0.3) is 0 Å². The summed E-state index contributed by atoms with van der Waals surface area (Å²) < 4.78 is 5.27. The molecule has 88 valence electrons. The van der Waals surface area contributed by atoms with Gasteiger partial charge in [0.05, 0.1) is 19.9 Å². The zero-order chi connectivity index (χ0) is 10.9. The van der Waals surface area contributed by atoms with E-state index in [1.54, 1.807) is 0 Å². The number of nitrogens with zero attached hydrogens (tertiary/aromatic N) is 2. The van der Waals surface area contributed by atoms with Gasteiger partial charge in [0.1, 0.15) is 0 Å². The van der Waals surface area contributed by atoms with Crippen molar-refractivity contribution >= 4 is 5.96 Å². The number of nitrogens with one attached hydrogen (secondary N) is 1. The summed E-state index contributed by atoms with van der Waals surface area (Å²) in [6.45, 7) is 5.92. The molecule has 0 unspecified atom stereocenters. The molecule has 1 aliphatic heterocycles. The number of nitrogens with two attached hydrogens (primary N) is 2. The van der Waals surface area contributed by atoms with E-state index in [1.807, 2.05) is 0 Å². The van der Waals surface area contributed by atoms with Crippen molar-refractivity contribution in [3.05, 3.63) is 0 Å². The van der Waals surface area contributed by atoms with Gasteiger partial charge in [-0.15, -0.1) is 0 Å². The fourth-order valence-electron chi connectivity index (χ4n) is 1.50. The first kappa shape index (κ1) is 12.2. The van der Waals surface area contributed by atoms with Crippen molar-refractivity contribution < 1.29 is 4.74 Å². The van der Waals surface area contributed by atoms with E-state index in [1.165, 1.54) is 0 Å². The molecule has 0 aliphatic carbocycles. The molecule has 0 aromatic carbocycles. The van der Waals surface area contributed by atoms with Crippen molar-refractivity contribution in [2.75, 3.05) is 46.1 Å². The van der Waals surface area contributed by atoms with Crippen LogP contribution in [-0.4, -0.2) is 56.9 Å². The third-order valence-electron chi connectivity index (χ3n) is 2.32. The van der Waals surface area contributed by atoms with Crippen LogP contribution in [0.1, 0.15) is 6.42 Å². The van der Waals surface area contributed by atoms with E-state index < -0.39 is 0 Å². The van der Waals surface area contributed by atoms with Crippen LogP contribution in [0.2, 0.25) is 0 Å². The molecule has 0 aromatic rings. The molecule has 0 saturated carbocycles. The number of ether oxygens (including phenoxy) is 1. The van der Waals surface area contributed by atoms with Gasteiger partial charge in [0.2, 0.25) is 0 Å². The fraction of sp³-hybridized carbons (Fsp3) is 0.889. The van der Waals surface area contributed by atoms with Crippen molar-refractivity contribution in [1.29, 1.82) is 0 Å². The standard InChI is InChI=1S/C9H21N5O/c10-8-13-9(11)12-2-1-3-14-4-6-15-7-5-14/h1-8,10H2,(H3,11,12,13). The summed E-state index contributed by atoms with van der Waals surface area (Å²) in [4.78, 5) is 6.23. The molecular formula is C9H21N5O. The van der Waals surface area contributed by atoms with E-state index in [-0.39, 0.29) is 6.67 Å². The molecule has 1 fully saturated rings. The predicted octanol–water partition coefficient (Wildman–Crippen LogP) is -1.47. The van der Waals surface area contributed by atoms with Crippen LogP contribution in [0, 0.1) is 0 Å². The van der Waals surface area contributed by atoms with Crippen LogP contribution in [0.3, 0.4) is 0 Å². The SMILES string of the molecule is NC/N=C(\N)NCCCN1CCOCC1. The van der Waals surface area contributed by atoms with Gasteiger partial charge in [-0.05, 0) is 13.0 Å². The predicted molar refractivity (Wildman–Crippen MR) is 60.6 cm³/mol. The highest BCUT2D eigenvalue weighted by atomic mass is 16.5. The molecule has 5 N–H and O–H groups in total. The first-order chi connectivity index (χ1) is 7.33. The monoisotopic (exact) mass is 215 g/mol. The Morgan fingerprint density at radius 1 is 1.40 bits per heavy atom. The summed E-state index contributed by atoms with van der Waals surface area (Å²) in [5.74, 6) is 0.430. The normalized spacial score (nSPS) is 19.1. The number of aliphatic imine (C=N–C) groups is 1. The molecular weight excluding hydrogens is 194 g/mol. The van der Waals surface area contributed by atoms with E-state index in [0.717, 1.165) is 45.8 Å². The van der Waals surface area contributed by atoms with E-state index in [2.05, 4.69) is 15.2 Å². The van der Waals surface area contributed by atoms with E-state index >= 15 is 0 Å². The van der Waals surface area contributed by atoms with Crippen molar-refractivity contribution in [3.8, 4) is 0 Å². The van der Waals surface area contributed by atoms with Gasteiger partial charge in [-0.3, -0.25) is 4.90 Å². The summed E-state index contributed by atoms with van der Waals surface area (Å²) in [7, 11) is 0. The molecule has 0 bridgehead atoms. The molecule has 6 nitrogen and oxygen atoms in total. The van der Waals surface area contributed by atoms with Crippen molar-refractivity contribution in [2.24, 2.45) is 16.5 Å². The van der Waals surface area contributed by atoms with Gasteiger partial charge in [0.25, 0.3) is 0 Å². The average molecular weight is 215 g/mol. The van der Waals surface area contributed by atoms with E-state index in [9.17, 15) is 0 Å². The van der Waals surface area contributed by atoms with Crippen LogP contribution in [-0.2, 0) is 4.74 Å². The maximum atomic E-state index is 5.53. The molecule has 1 aliphatic rings. The molecule has 0 aromatic heterocycles. The van der Waals surface area contributed by atoms with Gasteiger partial charge in [0.15, 0.2) is 5.96 Å². The Morgan fingerprint density at radius 3 is 2.80 bits per heavy atom. The summed E-state index contributed by atoms with van der Waals surface area (Å²) in [6, 6.07) is 0. The van der Waals surface area contributed by atoms with Crippen LogP contribution >= 0.6 is 0 Å².